The van der Waals surface area contributed by atoms with E-state index in [2.05, 4.69) is 19.9 Å². The van der Waals surface area contributed by atoms with Crippen LogP contribution in [0.15, 0.2) is 102 Å². The highest BCUT2D eigenvalue weighted by molar-refractivity contribution is 7.90. The number of fused-ring (bicyclic) bond motifs is 1. The standard InChI is InChI=1S/C44H48ClN7O8S2/c45-33-12-10-31(11-13-33)36-7-3-6-32(36)30-61(56,57)51-26-24-50(25-27-51)34-14-16-38(43(28-34)60-42-9-4-8-39-37(42)18-20-47-39)44(53)48-62(58,59)35-15-17-40(41(29-35)52(54)55)46-19-5-23-49-21-1-2-22-49/h4,8-18,20,28-29,46-47H,1-3,5-7,19,21-27,30H2,(H,48,53). The van der Waals surface area contributed by atoms with Crippen LogP contribution in [0, 0.1) is 10.1 Å². The topological polar surface area (TPSA) is 187 Å². The Hall–Kier alpha value is -5.46. The molecule has 62 heavy (non-hydrogen) atoms. The quantitative estimate of drug-likeness (QED) is 0.0502. The third-order valence-corrected chi connectivity index (χ3v) is 15.2. The first kappa shape index (κ1) is 43.2. The maximum atomic E-state index is 13.9. The largest absolute Gasteiger partial charge is 0.456 e. The zero-order valence-corrected chi connectivity index (χ0v) is 36.4. The lowest BCUT2D eigenvalue weighted by Gasteiger charge is -2.35. The average molecular weight is 902 g/mol. The summed E-state index contributed by atoms with van der Waals surface area (Å²) >= 11 is 6.10. The molecule has 2 aliphatic heterocycles. The molecule has 0 atom stereocenters. The van der Waals surface area contributed by atoms with Crippen molar-refractivity contribution in [2.24, 2.45) is 0 Å². The summed E-state index contributed by atoms with van der Waals surface area (Å²) in [6.07, 6.45) is 7.27. The van der Waals surface area contributed by atoms with Crippen molar-refractivity contribution in [1.82, 2.24) is 18.9 Å². The van der Waals surface area contributed by atoms with E-state index in [1.54, 1.807) is 30.5 Å². The average Bonchev–Trinajstić information content (AvgIpc) is 4.06. The van der Waals surface area contributed by atoms with Gasteiger partial charge in [0.25, 0.3) is 21.6 Å². The number of nitro groups is 1. The number of aromatic nitrogens is 1. The van der Waals surface area contributed by atoms with Crippen molar-refractivity contribution < 1.29 is 31.3 Å². The van der Waals surface area contributed by atoms with Gasteiger partial charge in [-0.1, -0.05) is 35.4 Å². The van der Waals surface area contributed by atoms with Crippen LogP contribution in [0.2, 0.25) is 5.02 Å². The first-order chi connectivity index (χ1) is 29.8. The molecular formula is C44H48ClN7O8S2. The van der Waals surface area contributed by atoms with Crippen LogP contribution in [0.3, 0.4) is 0 Å². The first-order valence-corrected chi connectivity index (χ1v) is 24.2. The molecule has 3 N–H and O–H groups in total. The van der Waals surface area contributed by atoms with Gasteiger partial charge < -0.3 is 24.8 Å². The zero-order valence-electron chi connectivity index (χ0n) is 34.0. The number of ether oxygens (including phenoxy) is 1. The molecule has 18 heteroatoms. The van der Waals surface area contributed by atoms with Crippen LogP contribution in [0.1, 0.15) is 54.4 Å². The van der Waals surface area contributed by atoms with Gasteiger partial charge in [0.05, 0.1) is 21.1 Å². The molecule has 0 radical (unpaired) electrons. The van der Waals surface area contributed by atoms with Gasteiger partial charge in [0, 0.05) is 72.7 Å². The summed E-state index contributed by atoms with van der Waals surface area (Å²) in [6, 6.07) is 22.9. The van der Waals surface area contributed by atoms with Crippen LogP contribution in [-0.4, -0.2) is 100.0 Å². The maximum Gasteiger partial charge on any atom is 0.293 e. The Morgan fingerprint density at radius 3 is 2.39 bits per heavy atom. The number of piperazine rings is 1. The number of benzene rings is 4. The Morgan fingerprint density at radius 2 is 1.63 bits per heavy atom. The van der Waals surface area contributed by atoms with E-state index < -0.39 is 41.5 Å². The lowest BCUT2D eigenvalue weighted by atomic mass is 10.0. The minimum absolute atomic E-state index is 0.0479. The highest BCUT2D eigenvalue weighted by Crippen LogP contribution is 2.37. The van der Waals surface area contributed by atoms with Crippen LogP contribution < -0.4 is 19.7 Å². The van der Waals surface area contributed by atoms with E-state index in [-0.39, 0.29) is 35.8 Å². The molecule has 8 rings (SSSR count). The Balaban J connectivity index is 0.989. The number of nitro benzene ring substituents is 1. The number of hydrogen-bond acceptors (Lipinski definition) is 11. The van der Waals surface area contributed by atoms with Crippen molar-refractivity contribution in [3.63, 3.8) is 0 Å². The predicted molar refractivity (Wildman–Crippen MR) is 241 cm³/mol. The van der Waals surface area contributed by atoms with Crippen LogP contribution in [0.4, 0.5) is 17.1 Å². The van der Waals surface area contributed by atoms with E-state index in [1.165, 1.54) is 22.5 Å². The number of halogens is 1. The molecule has 0 bridgehead atoms. The lowest BCUT2D eigenvalue weighted by molar-refractivity contribution is -0.384. The number of likely N-dealkylation sites (tertiary alicyclic amines) is 1. The van der Waals surface area contributed by atoms with E-state index in [9.17, 15) is 31.7 Å². The van der Waals surface area contributed by atoms with Crippen molar-refractivity contribution in [2.75, 3.05) is 68.3 Å². The van der Waals surface area contributed by atoms with Crippen LogP contribution >= 0.6 is 11.6 Å². The molecule has 326 valence electrons. The SMILES string of the molecule is O=C(NS(=O)(=O)c1ccc(NCCCN2CCCC2)c([N+](=O)[O-])c1)c1ccc(N2CCN(S(=O)(=O)CC3=C(c4ccc(Cl)cc4)CCC3)CC2)cc1Oc1cccc2[nH]ccc12. The van der Waals surface area contributed by atoms with Gasteiger partial charge in [-0.2, -0.15) is 4.31 Å². The van der Waals surface area contributed by atoms with Crippen molar-refractivity contribution >= 4 is 71.1 Å². The molecule has 1 amide bonds. The van der Waals surface area contributed by atoms with E-state index in [0.717, 1.165) is 91.8 Å². The van der Waals surface area contributed by atoms with Crippen molar-refractivity contribution in [3.05, 3.63) is 123 Å². The summed E-state index contributed by atoms with van der Waals surface area (Å²) < 4.78 is 64.8. The number of hydrogen-bond donors (Lipinski definition) is 3. The zero-order chi connectivity index (χ0) is 43.4. The number of nitrogens with one attached hydrogen (secondary N) is 3. The van der Waals surface area contributed by atoms with Gasteiger partial charge in [-0.3, -0.25) is 14.9 Å². The normalized spacial score (nSPS) is 16.6. The van der Waals surface area contributed by atoms with E-state index in [0.29, 0.717) is 36.1 Å². The fourth-order valence-electron chi connectivity index (χ4n) is 8.49. The fraction of sp³-hybridized carbons (Fsp3) is 0.341. The molecule has 2 fully saturated rings. The number of sulfonamides is 2. The van der Waals surface area contributed by atoms with Crippen LogP contribution in [0.5, 0.6) is 11.5 Å². The Morgan fingerprint density at radius 1 is 0.855 bits per heavy atom. The second-order valence-corrected chi connectivity index (χ2v) is 19.8. The van der Waals surface area contributed by atoms with Crippen molar-refractivity contribution in [3.8, 4) is 11.5 Å². The van der Waals surface area contributed by atoms with Crippen LogP contribution in [0.25, 0.3) is 16.5 Å². The number of nitrogens with zero attached hydrogens (tertiary/aromatic N) is 4. The summed E-state index contributed by atoms with van der Waals surface area (Å²) in [4.78, 5) is 32.3. The van der Waals surface area contributed by atoms with Crippen molar-refractivity contribution in [2.45, 2.75) is 43.4 Å². The molecule has 0 unspecified atom stereocenters. The minimum Gasteiger partial charge on any atom is -0.456 e. The number of aromatic amines is 1. The van der Waals surface area contributed by atoms with E-state index in [4.69, 9.17) is 16.3 Å². The third kappa shape index (κ3) is 9.76. The monoisotopic (exact) mass is 901 g/mol. The second kappa shape index (κ2) is 18.5. The molecule has 15 nitrogen and oxygen atoms in total. The van der Waals surface area contributed by atoms with E-state index >= 15 is 0 Å². The summed E-state index contributed by atoms with van der Waals surface area (Å²) in [5.74, 6) is -0.587. The summed E-state index contributed by atoms with van der Waals surface area (Å²) in [7, 11) is -8.21. The van der Waals surface area contributed by atoms with Crippen LogP contribution in [-0.2, 0) is 20.0 Å². The van der Waals surface area contributed by atoms with Crippen molar-refractivity contribution in [1.29, 1.82) is 0 Å². The molecule has 1 aliphatic carbocycles. The number of carbonyl (C=O) groups is 1. The molecule has 2 saturated heterocycles. The minimum atomic E-state index is -4.59. The maximum absolute atomic E-state index is 13.9. The van der Waals surface area contributed by atoms with Gasteiger partial charge in [0.1, 0.15) is 17.2 Å². The number of carbonyl (C=O) groups excluding carboxylic acids is 1. The Kier molecular flexibility index (Phi) is 12.9. The number of allylic oxidation sites excluding steroid dienone is 1. The Bertz CT molecular complexity index is 2730. The third-order valence-electron chi connectivity index (χ3n) is 11.7. The molecule has 3 aliphatic rings. The number of rotatable bonds is 16. The molecule has 1 aromatic heterocycles. The highest BCUT2D eigenvalue weighted by atomic mass is 35.5. The second-order valence-electron chi connectivity index (χ2n) is 15.8. The van der Waals surface area contributed by atoms with E-state index in [1.807, 2.05) is 41.3 Å². The number of anilines is 2. The molecule has 5 aromatic rings. The smallest absolute Gasteiger partial charge is 0.293 e. The molecular weight excluding hydrogens is 854 g/mol. The van der Waals surface area contributed by atoms with Gasteiger partial charge in [0.15, 0.2) is 0 Å². The number of amides is 1. The molecule has 0 saturated carbocycles. The fourth-order valence-corrected chi connectivity index (χ4v) is 11.3. The molecule has 0 spiro atoms. The molecule has 4 aromatic carbocycles. The highest BCUT2D eigenvalue weighted by Gasteiger charge is 2.31. The summed E-state index contributed by atoms with van der Waals surface area (Å²) in [5.41, 5.74) is 4.06. The lowest BCUT2D eigenvalue weighted by Crippen LogP contribution is -2.49. The Labute approximate surface area is 365 Å². The van der Waals surface area contributed by atoms with Gasteiger partial charge in [-0.25, -0.2) is 21.6 Å². The van der Waals surface area contributed by atoms with Gasteiger partial charge in [-0.05, 0) is 124 Å². The number of H-pyrrole nitrogens is 1. The van der Waals surface area contributed by atoms with Gasteiger partial charge >= 0.3 is 0 Å². The van der Waals surface area contributed by atoms with Gasteiger partial charge in [0.2, 0.25) is 10.0 Å². The predicted octanol–water partition coefficient (Wildman–Crippen LogP) is 7.63. The first-order valence-electron chi connectivity index (χ1n) is 20.7. The van der Waals surface area contributed by atoms with Gasteiger partial charge in [-0.15, -0.1) is 0 Å². The summed E-state index contributed by atoms with van der Waals surface area (Å²) in [5, 5.41) is 16.5. The molecule has 3 heterocycles. The summed E-state index contributed by atoms with van der Waals surface area (Å²) in [6.45, 7) is 4.61.